The molecule has 0 aliphatic carbocycles. The Morgan fingerprint density at radius 2 is 2.00 bits per heavy atom. The molecule has 114 valence electrons. The first-order valence-corrected chi connectivity index (χ1v) is 7.35. The van der Waals surface area contributed by atoms with E-state index in [-0.39, 0.29) is 12.6 Å². The molecule has 1 aromatic carbocycles. The van der Waals surface area contributed by atoms with Crippen molar-refractivity contribution in [3.8, 4) is 5.75 Å². The van der Waals surface area contributed by atoms with Crippen LogP contribution in [0.3, 0.4) is 0 Å². The molecule has 4 heteroatoms. The lowest BCUT2D eigenvalue weighted by Gasteiger charge is -2.16. The molecule has 0 spiro atoms. The van der Waals surface area contributed by atoms with Gasteiger partial charge in [0.15, 0.2) is 0 Å². The van der Waals surface area contributed by atoms with Crippen LogP contribution in [0.15, 0.2) is 47.1 Å². The normalized spacial score (nSPS) is 13.9. The van der Waals surface area contributed by atoms with Crippen LogP contribution in [0.25, 0.3) is 0 Å². The summed E-state index contributed by atoms with van der Waals surface area (Å²) in [6.45, 7) is 4.83. The molecular weight excluding hydrogens is 266 g/mol. The van der Waals surface area contributed by atoms with E-state index in [9.17, 15) is 5.11 Å². The molecule has 0 fully saturated rings. The van der Waals surface area contributed by atoms with Crippen LogP contribution in [0.4, 0.5) is 0 Å². The van der Waals surface area contributed by atoms with Gasteiger partial charge in [-0.05, 0) is 43.2 Å². The highest BCUT2D eigenvalue weighted by atomic mass is 16.5. The van der Waals surface area contributed by atoms with Crippen LogP contribution < -0.4 is 10.1 Å². The minimum atomic E-state index is -0.562. The predicted molar refractivity (Wildman–Crippen MR) is 82.4 cm³/mol. The highest BCUT2D eigenvalue weighted by molar-refractivity contribution is 5.27. The maximum atomic E-state index is 9.94. The highest BCUT2D eigenvalue weighted by Crippen LogP contribution is 2.14. The largest absolute Gasteiger partial charge is 0.491 e. The molecule has 2 unspecified atom stereocenters. The number of rotatable bonds is 8. The molecule has 0 amide bonds. The minimum absolute atomic E-state index is 0.0680. The maximum absolute atomic E-state index is 9.94. The van der Waals surface area contributed by atoms with Gasteiger partial charge in [0.2, 0.25) is 0 Å². The summed E-state index contributed by atoms with van der Waals surface area (Å²) in [5.41, 5.74) is 1.27. The smallest absolute Gasteiger partial charge is 0.120 e. The Hall–Kier alpha value is -1.78. The van der Waals surface area contributed by atoms with Gasteiger partial charge in [-0.15, -0.1) is 0 Å². The second kappa shape index (κ2) is 7.86. The van der Waals surface area contributed by atoms with Crippen molar-refractivity contribution in [2.45, 2.75) is 32.4 Å². The van der Waals surface area contributed by atoms with Crippen LogP contribution in [-0.2, 0) is 6.42 Å². The molecule has 4 nitrogen and oxygen atoms in total. The van der Waals surface area contributed by atoms with Crippen molar-refractivity contribution in [3.63, 3.8) is 0 Å². The van der Waals surface area contributed by atoms with Crippen LogP contribution in [-0.4, -0.2) is 24.4 Å². The van der Waals surface area contributed by atoms with E-state index in [2.05, 4.69) is 12.2 Å². The summed E-state index contributed by atoms with van der Waals surface area (Å²) in [6.07, 6.45) is 2.10. The van der Waals surface area contributed by atoms with Gasteiger partial charge in [0.05, 0.1) is 12.3 Å². The topological polar surface area (TPSA) is 54.6 Å². The SMILES string of the molecule is CCc1ccc(OCC(O)CNC(C)c2ccco2)cc1. The average Bonchev–Trinajstić information content (AvgIpc) is 3.05. The molecule has 1 heterocycles. The summed E-state index contributed by atoms with van der Waals surface area (Å²) in [7, 11) is 0. The zero-order chi connectivity index (χ0) is 15.1. The molecule has 0 saturated heterocycles. The molecule has 2 aromatic rings. The van der Waals surface area contributed by atoms with Gasteiger partial charge >= 0.3 is 0 Å². The monoisotopic (exact) mass is 289 g/mol. The van der Waals surface area contributed by atoms with Gasteiger partial charge in [0.25, 0.3) is 0 Å². The molecule has 2 rings (SSSR count). The van der Waals surface area contributed by atoms with Crippen LogP contribution in [0.5, 0.6) is 5.75 Å². The molecule has 0 saturated carbocycles. The lowest BCUT2D eigenvalue weighted by atomic mass is 10.2. The average molecular weight is 289 g/mol. The third kappa shape index (κ3) is 4.92. The number of aliphatic hydroxyl groups excluding tert-OH is 1. The fourth-order valence-corrected chi connectivity index (χ4v) is 2.02. The predicted octanol–water partition coefficient (Wildman–Crippen LogP) is 2.93. The van der Waals surface area contributed by atoms with Gasteiger partial charge < -0.3 is 19.6 Å². The van der Waals surface area contributed by atoms with E-state index in [4.69, 9.17) is 9.15 Å². The molecule has 2 atom stereocenters. The molecule has 2 N–H and O–H groups in total. The van der Waals surface area contributed by atoms with Crippen molar-refractivity contribution in [3.05, 3.63) is 54.0 Å². The zero-order valence-electron chi connectivity index (χ0n) is 12.6. The summed E-state index contributed by atoms with van der Waals surface area (Å²) in [4.78, 5) is 0. The third-order valence-electron chi connectivity index (χ3n) is 3.40. The molecule has 0 aliphatic heterocycles. The van der Waals surface area contributed by atoms with Gasteiger partial charge in [-0.1, -0.05) is 19.1 Å². The summed E-state index contributed by atoms with van der Waals surface area (Å²) in [5.74, 6) is 1.64. The number of aryl methyl sites for hydroxylation is 1. The van der Waals surface area contributed by atoms with E-state index in [0.29, 0.717) is 6.54 Å². The van der Waals surface area contributed by atoms with E-state index < -0.39 is 6.10 Å². The summed E-state index contributed by atoms with van der Waals surface area (Å²) < 4.78 is 10.9. The molecular formula is C17H23NO3. The first-order chi connectivity index (χ1) is 10.2. The van der Waals surface area contributed by atoms with E-state index in [1.165, 1.54) is 5.56 Å². The summed E-state index contributed by atoms with van der Waals surface area (Å²) >= 11 is 0. The van der Waals surface area contributed by atoms with Crippen LogP contribution in [0, 0.1) is 0 Å². The van der Waals surface area contributed by atoms with E-state index in [1.54, 1.807) is 6.26 Å². The number of furan rings is 1. The number of nitrogens with one attached hydrogen (secondary N) is 1. The van der Waals surface area contributed by atoms with E-state index in [0.717, 1.165) is 17.9 Å². The summed E-state index contributed by atoms with van der Waals surface area (Å²) in [5, 5.41) is 13.2. The molecule has 21 heavy (non-hydrogen) atoms. The Bertz CT molecular complexity index is 507. The van der Waals surface area contributed by atoms with Gasteiger partial charge in [0.1, 0.15) is 24.2 Å². The Labute approximate surface area is 125 Å². The van der Waals surface area contributed by atoms with Crippen LogP contribution in [0.1, 0.15) is 31.2 Å². The van der Waals surface area contributed by atoms with Crippen molar-refractivity contribution in [2.75, 3.05) is 13.2 Å². The zero-order valence-corrected chi connectivity index (χ0v) is 12.6. The van der Waals surface area contributed by atoms with Gasteiger partial charge in [-0.2, -0.15) is 0 Å². The summed E-state index contributed by atoms with van der Waals surface area (Å²) in [6, 6.07) is 11.8. The van der Waals surface area contributed by atoms with Crippen LogP contribution >= 0.6 is 0 Å². The Balaban J connectivity index is 1.70. The standard InChI is InChI=1S/C17H23NO3/c1-3-14-6-8-16(9-7-14)21-12-15(19)11-18-13(2)17-5-4-10-20-17/h4-10,13,15,18-19H,3,11-12H2,1-2H3. The van der Waals surface area contributed by atoms with Crippen molar-refractivity contribution in [1.29, 1.82) is 0 Å². The number of hydrogen-bond donors (Lipinski definition) is 2. The molecule has 1 aromatic heterocycles. The number of hydrogen-bond acceptors (Lipinski definition) is 4. The number of ether oxygens (including phenoxy) is 1. The van der Waals surface area contributed by atoms with Crippen molar-refractivity contribution in [1.82, 2.24) is 5.32 Å². The quantitative estimate of drug-likeness (QED) is 0.784. The fourth-order valence-electron chi connectivity index (χ4n) is 2.02. The second-order valence-corrected chi connectivity index (χ2v) is 5.11. The second-order valence-electron chi connectivity index (χ2n) is 5.11. The lowest BCUT2D eigenvalue weighted by Crippen LogP contribution is -2.32. The first kappa shape index (κ1) is 15.6. The highest BCUT2D eigenvalue weighted by Gasteiger charge is 2.11. The van der Waals surface area contributed by atoms with E-state index >= 15 is 0 Å². The van der Waals surface area contributed by atoms with Crippen molar-refractivity contribution < 1.29 is 14.3 Å². The Kier molecular flexibility index (Phi) is 5.84. The lowest BCUT2D eigenvalue weighted by molar-refractivity contribution is 0.103. The third-order valence-corrected chi connectivity index (χ3v) is 3.40. The molecule has 0 bridgehead atoms. The molecule has 0 aliphatic rings. The van der Waals surface area contributed by atoms with Gasteiger partial charge in [0, 0.05) is 6.54 Å². The van der Waals surface area contributed by atoms with Gasteiger partial charge in [-0.3, -0.25) is 0 Å². The van der Waals surface area contributed by atoms with Crippen LogP contribution in [0.2, 0.25) is 0 Å². The fraction of sp³-hybridized carbons (Fsp3) is 0.412. The first-order valence-electron chi connectivity index (χ1n) is 7.35. The number of benzene rings is 1. The number of aliphatic hydroxyl groups is 1. The minimum Gasteiger partial charge on any atom is -0.491 e. The maximum Gasteiger partial charge on any atom is 0.120 e. The Morgan fingerprint density at radius 1 is 1.24 bits per heavy atom. The van der Waals surface area contributed by atoms with Crippen molar-refractivity contribution >= 4 is 0 Å². The van der Waals surface area contributed by atoms with Crippen molar-refractivity contribution in [2.24, 2.45) is 0 Å². The molecule has 0 radical (unpaired) electrons. The van der Waals surface area contributed by atoms with Gasteiger partial charge in [-0.25, -0.2) is 0 Å². The van der Waals surface area contributed by atoms with E-state index in [1.807, 2.05) is 43.3 Å². The Morgan fingerprint density at radius 3 is 2.62 bits per heavy atom.